The van der Waals surface area contributed by atoms with Gasteiger partial charge in [-0.25, -0.2) is 4.98 Å². The summed E-state index contributed by atoms with van der Waals surface area (Å²) in [6.45, 7) is 3.51. The van der Waals surface area contributed by atoms with E-state index >= 15 is 0 Å². The third-order valence-corrected chi connectivity index (χ3v) is 6.24. The molecule has 1 aliphatic heterocycles. The Kier molecular flexibility index (Phi) is 5.27. The van der Waals surface area contributed by atoms with Crippen LogP contribution in [-0.2, 0) is 11.3 Å². The van der Waals surface area contributed by atoms with Crippen molar-refractivity contribution in [2.75, 3.05) is 33.3 Å². The highest BCUT2D eigenvalue weighted by atomic mass is 32.1. The first-order valence-electron chi connectivity index (χ1n) is 9.28. The molecule has 28 heavy (non-hydrogen) atoms. The number of hydrogen-bond donors (Lipinski definition) is 0. The van der Waals surface area contributed by atoms with Crippen LogP contribution in [-0.4, -0.2) is 64.9 Å². The van der Waals surface area contributed by atoms with E-state index in [1.165, 1.54) is 0 Å². The van der Waals surface area contributed by atoms with Crippen molar-refractivity contribution in [3.8, 4) is 16.3 Å². The predicted octanol–water partition coefficient (Wildman–Crippen LogP) is 2.13. The summed E-state index contributed by atoms with van der Waals surface area (Å²) in [6, 6.07) is 7.19. The number of nitrogens with zero attached hydrogens (tertiary/aromatic N) is 4. The molecular formula is C19H22N4O4S. The van der Waals surface area contributed by atoms with Gasteiger partial charge in [0.05, 0.1) is 12.8 Å². The second-order valence-corrected chi connectivity index (χ2v) is 8.03. The van der Waals surface area contributed by atoms with Crippen molar-refractivity contribution in [2.24, 2.45) is 5.92 Å². The van der Waals surface area contributed by atoms with Crippen LogP contribution >= 0.6 is 11.3 Å². The number of aromatic nitrogens is 1. The molecule has 0 radical (unpaired) electrons. The van der Waals surface area contributed by atoms with Crippen molar-refractivity contribution < 1.29 is 14.5 Å². The molecule has 2 aliphatic rings. The summed E-state index contributed by atoms with van der Waals surface area (Å²) in [7, 11) is 1.65. The van der Waals surface area contributed by atoms with Gasteiger partial charge in [-0.3, -0.25) is 19.8 Å². The molecular weight excluding hydrogens is 380 g/mol. The number of ether oxygens (including phenoxy) is 1. The van der Waals surface area contributed by atoms with Crippen molar-refractivity contribution in [1.82, 2.24) is 14.8 Å². The molecule has 1 saturated heterocycles. The molecule has 4 rings (SSSR count). The molecule has 2 aromatic rings. The third kappa shape index (κ3) is 4.00. The van der Waals surface area contributed by atoms with Crippen LogP contribution in [0.15, 0.2) is 29.6 Å². The van der Waals surface area contributed by atoms with E-state index in [-0.39, 0.29) is 10.8 Å². The normalized spacial score (nSPS) is 22.1. The molecule has 148 valence electrons. The highest BCUT2D eigenvalue weighted by molar-refractivity contribution is 7.13. The average molecular weight is 402 g/mol. The van der Waals surface area contributed by atoms with Crippen LogP contribution in [0.3, 0.4) is 0 Å². The van der Waals surface area contributed by atoms with E-state index in [9.17, 15) is 14.9 Å². The first-order valence-corrected chi connectivity index (χ1v) is 10.2. The van der Waals surface area contributed by atoms with Crippen LogP contribution in [0.4, 0.5) is 0 Å². The van der Waals surface area contributed by atoms with Gasteiger partial charge in [0.15, 0.2) is 0 Å². The van der Waals surface area contributed by atoms with E-state index in [0.717, 1.165) is 41.6 Å². The highest BCUT2D eigenvalue weighted by Crippen LogP contribution is 2.35. The Morgan fingerprint density at radius 3 is 2.61 bits per heavy atom. The van der Waals surface area contributed by atoms with E-state index in [1.54, 1.807) is 23.3 Å². The summed E-state index contributed by atoms with van der Waals surface area (Å²) in [6.07, 6.45) is 0.388. The number of hydrogen-bond acceptors (Lipinski definition) is 7. The molecule has 2 atom stereocenters. The van der Waals surface area contributed by atoms with E-state index < -0.39 is 12.0 Å². The Balaban J connectivity index is 1.29. The van der Waals surface area contributed by atoms with Crippen molar-refractivity contribution in [1.29, 1.82) is 0 Å². The Morgan fingerprint density at radius 2 is 2.00 bits per heavy atom. The number of benzene rings is 1. The Hall–Kier alpha value is -2.52. The number of amides is 1. The van der Waals surface area contributed by atoms with Gasteiger partial charge in [0.2, 0.25) is 11.9 Å². The SMILES string of the molecule is COc1ccc(-c2nc(CN3CCN(C(=O)[C@H]4C[C@@H]4[N+](=O)[O-])CC3)cs2)cc1. The van der Waals surface area contributed by atoms with E-state index in [0.29, 0.717) is 19.5 Å². The zero-order valence-electron chi connectivity index (χ0n) is 15.6. The molecule has 0 N–H and O–H groups in total. The van der Waals surface area contributed by atoms with Gasteiger partial charge in [-0.1, -0.05) is 0 Å². The fourth-order valence-electron chi connectivity index (χ4n) is 3.52. The largest absolute Gasteiger partial charge is 0.497 e. The topological polar surface area (TPSA) is 88.8 Å². The van der Waals surface area contributed by atoms with E-state index in [1.807, 2.05) is 24.3 Å². The highest BCUT2D eigenvalue weighted by Gasteiger charge is 2.54. The summed E-state index contributed by atoms with van der Waals surface area (Å²) in [4.78, 5) is 31.5. The fourth-order valence-corrected chi connectivity index (χ4v) is 4.33. The van der Waals surface area contributed by atoms with E-state index in [2.05, 4.69) is 10.3 Å². The second kappa shape index (κ2) is 7.84. The van der Waals surface area contributed by atoms with Gasteiger partial charge >= 0.3 is 0 Å². The monoisotopic (exact) mass is 402 g/mol. The van der Waals surface area contributed by atoms with Crippen molar-refractivity contribution in [3.63, 3.8) is 0 Å². The van der Waals surface area contributed by atoms with Gasteiger partial charge in [-0.2, -0.15) is 0 Å². The molecule has 1 aromatic heterocycles. The minimum Gasteiger partial charge on any atom is -0.497 e. The molecule has 1 saturated carbocycles. The minimum absolute atomic E-state index is 0.0585. The first-order chi connectivity index (χ1) is 13.5. The molecule has 8 nitrogen and oxygen atoms in total. The number of thiazole rings is 1. The number of rotatable bonds is 6. The minimum atomic E-state index is -0.670. The van der Waals surface area contributed by atoms with Gasteiger partial charge in [-0.05, 0) is 24.3 Å². The molecule has 0 bridgehead atoms. The van der Waals surface area contributed by atoms with Gasteiger partial charge in [-0.15, -0.1) is 11.3 Å². The number of methoxy groups -OCH3 is 1. The van der Waals surface area contributed by atoms with Gasteiger partial charge in [0.25, 0.3) is 0 Å². The van der Waals surface area contributed by atoms with Crippen LogP contribution < -0.4 is 4.74 Å². The summed E-state index contributed by atoms with van der Waals surface area (Å²) in [5.74, 6) is 0.354. The third-order valence-electron chi connectivity index (χ3n) is 5.30. The predicted molar refractivity (Wildman–Crippen MR) is 105 cm³/mol. The lowest BCUT2D eigenvalue weighted by molar-refractivity contribution is -0.497. The first kappa shape index (κ1) is 18.8. The van der Waals surface area contributed by atoms with Gasteiger partial charge < -0.3 is 9.64 Å². The smallest absolute Gasteiger partial charge is 0.232 e. The number of carbonyl (C=O) groups excluding carboxylic acids is 1. The summed E-state index contributed by atoms with van der Waals surface area (Å²) < 4.78 is 5.19. The molecule has 0 spiro atoms. The lowest BCUT2D eigenvalue weighted by atomic mass is 10.2. The average Bonchev–Trinajstić information content (AvgIpc) is 3.40. The second-order valence-electron chi connectivity index (χ2n) is 7.17. The zero-order valence-corrected chi connectivity index (χ0v) is 16.4. The van der Waals surface area contributed by atoms with Crippen molar-refractivity contribution in [2.45, 2.75) is 19.0 Å². The van der Waals surface area contributed by atoms with Crippen molar-refractivity contribution >= 4 is 17.2 Å². The summed E-state index contributed by atoms with van der Waals surface area (Å²) in [5.41, 5.74) is 2.09. The molecule has 9 heteroatoms. The Bertz CT molecular complexity index is 861. The Morgan fingerprint density at radius 1 is 1.29 bits per heavy atom. The maximum atomic E-state index is 12.3. The van der Waals surface area contributed by atoms with Gasteiger partial charge in [0, 0.05) is 55.0 Å². The van der Waals surface area contributed by atoms with Crippen molar-refractivity contribution in [3.05, 3.63) is 45.5 Å². The van der Waals surface area contributed by atoms with Crippen LogP contribution in [0.25, 0.3) is 10.6 Å². The molecule has 0 unspecified atom stereocenters. The molecule has 1 aliphatic carbocycles. The molecule has 1 amide bonds. The number of piperazine rings is 1. The summed E-state index contributed by atoms with van der Waals surface area (Å²) >= 11 is 1.62. The van der Waals surface area contributed by atoms with Crippen LogP contribution in [0.2, 0.25) is 0 Å². The standard InChI is InChI=1S/C19H22N4O4S/c1-27-15-4-2-13(3-5-15)18-20-14(12-28-18)11-21-6-8-22(9-7-21)19(24)16-10-17(16)23(25)26/h2-5,12,16-17H,6-11H2,1H3/t16-,17-/m0/s1. The quantitative estimate of drug-likeness (QED) is 0.543. The fraction of sp³-hybridized carbons (Fsp3) is 0.474. The summed E-state index contributed by atoms with van der Waals surface area (Å²) in [5, 5.41) is 13.8. The van der Waals surface area contributed by atoms with Crippen LogP contribution in [0.1, 0.15) is 12.1 Å². The maximum absolute atomic E-state index is 12.3. The van der Waals surface area contributed by atoms with Crippen LogP contribution in [0, 0.1) is 16.0 Å². The molecule has 2 heterocycles. The zero-order chi connectivity index (χ0) is 19.7. The molecule has 2 fully saturated rings. The van der Waals surface area contributed by atoms with Crippen LogP contribution in [0.5, 0.6) is 5.75 Å². The van der Waals surface area contributed by atoms with E-state index in [4.69, 9.17) is 9.72 Å². The lowest BCUT2D eigenvalue weighted by Gasteiger charge is -2.34. The number of carbonyl (C=O) groups is 1. The van der Waals surface area contributed by atoms with Gasteiger partial charge in [0.1, 0.15) is 16.7 Å². The molecule has 1 aromatic carbocycles. The number of nitro groups is 1. The lowest BCUT2D eigenvalue weighted by Crippen LogP contribution is -2.49. The Labute approximate surface area is 166 Å². The maximum Gasteiger partial charge on any atom is 0.232 e.